The van der Waals surface area contributed by atoms with Gasteiger partial charge in [-0.05, 0) is 46.2 Å². The summed E-state index contributed by atoms with van der Waals surface area (Å²) in [5.41, 5.74) is 1.51. The summed E-state index contributed by atoms with van der Waals surface area (Å²) in [6.07, 6.45) is -0.361. The van der Waals surface area contributed by atoms with Crippen molar-refractivity contribution in [2.24, 2.45) is 0 Å². The van der Waals surface area contributed by atoms with E-state index < -0.39 is 0 Å². The summed E-state index contributed by atoms with van der Waals surface area (Å²) in [4.78, 5) is 18.3. The predicted molar refractivity (Wildman–Crippen MR) is 87.5 cm³/mol. The molecule has 0 aliphatic heterocycles. The fraction of sp³-hybridized carbons (Fsp3) is 0.467. The molecule has 0 unspecified atom stereocenters. The van der Waals surface area contributed by atoms with Crippen molar-refractivity contribution in [1.82, 2.24) is 9.88 Å². The average Bonchev–Trinajstić information content (AvgIpc) is 2.74. The van der Waals surface area contributed by atoms with Gasteiger partial charge in [0.2, 0.25) is 0 Å². The van der Waals surface area contributed by atoms with Crippen LogP contribution in [0.15, 0.2) is 12.1 Å². The first kappa shape index (κ1) is 16.0. The molecule has 1 amide bonds. The van der Waals surface area contributed by atoms with Gasteiger partial charge in [0.25, 0.3) is 0 Å². The standard InChI is InChI=1S/C15H19ClN2O2S/c1-6-18(15(3,4)5)14(19)20-10-8-7-9(2)11-12(10)21-13(16)17-11/h7-8H,6H2,1-5H3. The summed E-state index contributed by atoms with van der Waals surface area (Å²) in [7, 11) is 0. The molecule has 1 aromatic heterocycles. The van der Waals surface area contributed by atoms with Gasteiger partial charge >= 0.3 is 6.09 Å². The van der Waals surface area contributed by atoms with E-state index in [1.807, 2.05) is 40.7 Å². The summed E-state index contributed by atoms with van der Waals surface area (Å²) in [6, 6.07) is 3.68. The third kappa shape index (κ3) is 3.30. The van der Waals surface area contributed by atoms with E-state index in [2.05, 4.69) is 4.98 Å². The molecule has 0 N–H and O–H groups in total. The number of amides is 1. The number of hydrogen-bond acceptors (Lipinski definition) is 4. The van der Waals surface area contributed by atoms with Crippen LogP contribution in [-0.4, -0.2) is 28.1 Å². The molecule has 2 aromatic rings. The van der Waals surface area contributed by atoms with Crippen molar-refractivity contribution in [3.63, 3.8) is 0 Å². The maximum absolute atomic E-state index is 12.4. The van der Waals surface area contributed by atoms with Crippen LogP contribution in [0.3, 0.4) is 0 Å². The Kier molecular flexibility index (Phi) is 4.44. The Bertz CT molecular complexity index is 676. The van der Waals surface area contributed by atoms with Gasteiger partial charge in [0, 0.05) is 12.1 Å². The lowest BCUT2D eigenvalue weighted by molar-refractivity contribution is 0.111. The minimum atomic E-state index is -0.361. The number of thiazole rings is 1. The van der Waals surface area contributed by atoms with E-state index in [1.165, 1.54) is 11.3 Å². The molecule has 0 bridgehead atoms. The normalized spacial score (nSPS) is 11.7. The van der Waals surface area contributed by atoms with Crippen LogP contribution in [0.1, 0.15) is 33.3 Å². The monoisotopic (exact) mass is 326 g/mol. The Morgan fingerprint density at radius 3 is 2.67 bits per heavy atom. The lowest BCUT2D eigenvalue weighted by Gasteiger charge is -2.33. The van der Waals surface area contributed by atoms with Gasteiger partial charge in [-0.25, -0.2) is 9.78 Å². The van der Waals surface area contributed by atoms with Crippen LogP contribution in [-0.2, 0) is 0 Å². The van der Waals surface area contributed by atoms with E-state index in [1.54, 1.807) is 11.0 Å². The molecule has 0 radical (unpaired) electrons. The smallest absolute Gasteiger partial charge is 0.409 e. The summed E-state index contributed by atoms with van der Waals surface area (Å²) in [5.74, 6) is 0.507. The molecule has 0 fully saturated rings. The van der Waals surface area contributed by atoms with Crippen molar-refractivity contribution in [2.45, 2.75) is 40.2 Å². The van der Waals surface area contributed by atoms with E-state index in [-0.39, 0.29) is 11.6 Å². The van der Waals surface area contributed by atoms with Gasteiger partial charge in [-0.15, -0.1) is 0 Å². The van der Waals surface area contributed by atoms with Crippen LogP contribution < -0.4 is 4.74 Å². The van der Waals surface area contributed by atoms with Gasteiger partial charge in [0.15, 0.2) is 10.2 Å². The van der Waals surface area contributed by atoms with Crippen LogP contribution in [0.25, 0.3) is 10.2 Å². The fourth-order valence-corrected chi connectivity index (χ4v) is 3.33. The number of fused-ring (bicyclic) bond motifs is 1. The fourth-order valence-electron chi connectivity index (χ4n) is 2.19. The van der Waals surface area contributed by atoms with Gasteiger partial charge in [-0.3, -0.25) is 0 Å². The highest BCUT2D eigenvalue weighted by atomic mass is 35.5. The number of hydrogen-bond donors (Lipinski definition) is 0. The lowest BCUT2D eigenvalue weighted by atomic mass is 10.1. The molecule has 21 heavy (non-hydrogen) atoms. The largest absolute Gasteiger partial charge is 0.415 e. The van der Waals surface area contributed by atoms with Crippen molar-refractivity contribution in [3.8, 4) is 5.75 Å². The number of halogens is 1. The summed E-state index contributed by atoms with van der Waals surface area (Å²) in [6.45, 7) is 10.4. The first-order chi connectivity index (χ1) is 9.74. The van der Waals surface area contributed by atoms with E-state index in [0.717, 1.165) is 15.8 Å². The number of carbonyl (C=O) groups is 1. The number of benzene rings is 1. The summed E-state index contributed by atoms with van der Waals surface area (Å²) in [5, 5.41) is 0. The average molecular weight is 327 g/mol. The van der Waals surface area contributed by atoms with E-state index in [9.17, 15) is 4.79 Å². The van der Waals surface area contributed by atoms with E-state index >= 15 is 0 Å². The Balaban J connectivity index is 2.36. The Labute approximate surface area is 133 Å². The molecular formula is C15H19ClN2O2S. The zero-order valence-corrected chi connectivity index (χ0v) is 14.4. The van der Waals surface area contributed by atoms with Crippen LogP contribution in [0, 0.1) is 6.92 Å². The second kappa shape index (κ2) is 5.81. The minimum absolute atomic E-state index is 0.291. The number of aromatic nitrogens is 1. The second-order valence-electron chi connectivity index (χ2n) is 5.81. The van der Waals surface area contributed by atoms with E-state index in [4.69, 9.17) is 16.3 Å². The number of rotatable bonds is 2. The Morgan fingerprint density at radius 1 is 1.43 bits per heavy atom. The first-order valence-electron chi connectivity index (χ1n) is 6.79. The molecule has 114 valence electrons. The molecule has 4 nitrogen and oxygen atoms in total. The number of carbonyl (C=O) groups excluding carboxylic acids is 1. The summed E-state index contributed by atoms with van der Waals surface area (Å²) >= 11 is 7.30. The topological polar surface area (TPSA) is 42.4 Å². The highest BCUT2D eigenvalue weighted by molar-refractivity contribution is 7.22. The third-order valence-corrected chi connectivity index (χ3v) is 4.40. The number of ether oxygens (including phenoxy) is 1. The molecule has 0 spiro atoms. The molecule has 6 heteroatoms. The SMILES string of the molecule is CCN(C(=O)Oc1ccc(C)c2nc(Cl)sc12)C(C)(C)C. The molecule has 2 rings (SSSR count). The van der Waals surface area contributed by atoms with Crippen LogP contribution in [0.5, 0.6) is 5.75 Å². The highest BCUT2D eigenvalue weighted by Crippen LogP contribution is 2.35. The lowest BCUT2D eigenvalue weighted by Crippen LogP contribution is -2.46. The van der Waals surface area contributed by atoms with Crippen molar-refractivity contribution < 1.29 is 9.53 Å². The van der Waals surface area contributed by atoms with Crippen LogP contribution >= 0.6 is 22.9 Å². The molecular weight excluding hydrogens is 308 g/mol. The quantitative estimate of drug-likeness (QED) is 0.790. The third-order valence-electron chi connectivity index (χ3n) is 3.23. The molecule has 0 aliphatic rings. The Morgan fingerprint density at radius 2 is 2.10 bits per heavy atom. The highest BCUT2D eigenvalue weighted by Gasteiger charge is 2.27. The molecule has 1 aromatic carbocycles. The maximum atomic E-state index is 12.4. The van der Waals surface area contributed by atoms with Gasteiger partial charge in [-0.2, -0.15) is 0 Å². The van der Waals surface area contributed by atoms with Crippen LogP contribution in [0.4, 0.5) is 4.79 Å². The number of nitrogens with zero attached hydrogens (tertiary/aromatic N) is 2. The zero-order valence-electron chi connectivity index (χ0n) is 12.9. The van der Waals surface area contributed by atoms with Gasteiger partial charge in [0.05, 0.1) is 10.2 Å². The maximum Gasteiger partial charge on any atom is 0.415 e. The molecule has 0 atom stereocenters. The number of aryl methyl sites for hydroxylation is 1. The Hall–Kier alpha value is -1.33. The van der Waals surface area contributed by atoms with E-state index in [0.29, 0.717) is 16.8 Å². The summed E-state index contributed by atoms with van der Waals surface area (Å²) < 4.78 is 6.82. The predicted octanol–water partition coefficient (Wildman–Crippen LogP) is 4.88. The molecule has 0 saturated heterocycles. The van der Waals surface area contributed by atoms with Crippen molar-refractivity contribution in [3.05, 3.63) is 22.2 Å². The van der Waals surface area contributed by atoms with Crippen molar-refractivity contribution >= 4 is 39.2 Å². The second-order valence-corrected chi connectivity index (χ2v) is 7.39. The van der Waals surface area contributed by atoms with Crippen molar-refractivity contribution in [1.29, 1.82) is 0 Å². The van der Waals surface area contributed by atoms with Gasteiger partial charge < -0.3 is 9.64 Å². The minimum Gasteiger partial charge on any atom is -0.409 e. The van der Waals surface area contributed by atoms with Gasteiger partial charge in [0.1, 0.15) is 0 Å². The first-order valence-corrected chi connectivity index (χ1v) is 7.98. The molecule has 0 saturated carbocycles. The van der Waals surface area contributed by atoms with Crippen molar-refractivity contribution in [2.75, 3.05) is 6.54 Å². The van der Waals surface area contributed by atoms with Gasteiger partial charge in [-0.1, -0.05) is 29.0 Å². The van der Waals surface area contributed by atoms with Crippen LogP contribution in [0.2, 0.25) is 4.47 Å². The molecule has 0 aliphatic carbocycles. The zero-order chi connectivity index (χ0) is 15.8. The molecule has 1 heterocycles.